The first-order valence-corrected chi connectivity index (χ1v) is 16.7. The van der Waals surface area contributed by atoms with E-state index in [-0.39, 0.29) is 23.7 Å². The maximum absolute atomic E-state index is 13.0. The molecule has 8 heteroatoms. The molecule has 1 aromatic carbocycles. The summed E-state index contributed by atoms with van der Waals surface area (Å²) in [7, 11) is -1.06. The van der Waals surface area contributed by atoms with E-state index in [2.05, 4.69) is 37.0 Å². The van der Waals surface area contributed by atoms with E-state index in [1.54, 1.807) is 48.7 Å². The highest BCUT2D eigenvalue weighted by Crippen LogP contribution is 2.51. The number of carbonyl (C=O) groups is 2. The highest BCUT2D eigenvalue weighted by Gasteiger charge is 2.25. The molecule has 0 amide bonds. The molecule has 0 aliphatic carbocycles. The van der Waals surface area contributed by atoms with Gasteiger partial charge in [-0.05, 0) is 75.3 Å². The highest BCUT2D eigenvalue weighted by molar-refractivity contribution is 8.33. The van der Waals surface area contributed by atoms with Crippen molar-refractivity contribution in [3.05, 3.63) is 47.5 Å². The Morgan fingerprint density at radius 3 is 1.76 bits per heavy atom. The van der Waals surface area contributed by atoms with Crippen LogP contribution in [0.2, 0.25) is 0 Å². The van der Waals surface area contributed by atoms with E-state index >= 15 is 0 Å². The lowest BCUT2D eigenvalue weighted by atomic mass is 9.96. The van der Waals surface area contributed by atoms with Crippen molar-refractivity contribution in [1.82, 2.24) is 0 Å². The molecule has 4 nitrogen and oxygen atoms in total. The number of esters is 2. The van der Waals surface area contributed by atoms with Gasteiger partial charge in [0.2, 0.25) is 0 Å². The monoisotopic (exact) mass is 522 g/mol. The van der Waals surface area contributed by atoms with Crippen LogP contribution in [0, 0.1) is 0 Å². The van der Waals surface area contributed by atoms with Crippen LogP contribution in [0.4, 0.5) is 0 Å². The first kappa shape index (κ1) is 25.7. The minimum Gasteiger partial charge on any atom is -0.462 e. The summed E-state index contributed by atoms with van der Waals surface area (Å²) in [6.07, 6.45) is 8.77. The SMILES string of the molecule is C=S(C)c1ccc(-c2cc(C(=O)OCC)c(-c3ccc(S(C)(C)C)s3)cc2C(=O)OCC)s1. The molecule has 1 unspecified atom stereocenters. The summed E-state index contributed by atoms with van der Waals surface area (Å²) in [5, 5.41) is 0. The van der Waals surface area contributed by atoms with Crippen molar-refractivity contribution < 1.29 is 19.1 Å². The van der Waals surface area contributed by atoms with Gasteiger partial charge >= 0.3 is 11.9 Å². The fourth-order valence-corrected chi connectivity index (χ4v) is 7.63. The van der Waals surface area contributed by atoms with Crippen molar-refractivity contribution in [2.45, 2.75) is 22.3 Å². The standard InChI is InChI=1S/C25H30O4S4/c1-8-28-24(26)18-15-17(21-11-13-23(31-21)33(5,6)7)19(25(27)29-9-2)14-16(18)20-10-12-22(30-20)32(3)4/h10-15H,3,8-9H2,1-2,4-7H3. The molecule has 0 saturated carbocycles. The quantitative estimate of drug-likeness (QED) is 0.231. The number of thiophene rings is 2. The molecular weight excluding hydrogens is 493 g/mol. The van der Waals surface area contributed by atoms with Gasteiger partial charge < -0.3 is 9.47 Å². The number of carbonyl (C=O) groups excluding carboxylic acids is 2. The smallest absolute Gasteiger partial charge is 0.338 e. The van der Waals surface area contributed by atoms with E-state index in [1.165, 1.54) is 4.21 Å². The average Bonchev–Trinajstić information content (AvgIpc) is 3.43. The maximum Gasteiger partial charge on any atom is 0.338 e. The molecule has 3 aromatic rings. The summed E-state index contributed by atoms with van der Waals surface area (Å²) in [6.45, 7) is 4.13. The normalized spacial score (nSPS) is 12.9. The van der Waals surface area contributed by atoms with Crippen LogP contribution in [0.1, 0.15) is 34.6 Å². The van der Waals surface area contributed by atoms with Crippen LogP contribution in [-0.2, 0) is 9.47 Å². The molecule has 2 aromatic heterocycles. The molecule has 0 aliphatic heterocycles. The van der Waals surface area contributed by atoms with E-state index in [1.807, 2.05) is 18.2 Å². The number of hydrogen-bond donors (Lipinski definition) is 0. The number of benzene rings is 1. The average molecular weight is 523 g/mol. The van der Waals surface area contributed by atoms with Gasteiger partial charge in [0.25, 0.3) is 0 Å². The van der Waals surface area contributed by atoms with Gasteiger partial charge in [0, 0.05) is 25.1 Å². The van der Waals surface area contributed by atoms with Crippen molar-refractivity contribution >= 4 is 61.0 Å². The molecule has 1 atom stereocenters. The van der Waals surface area contributed by atoms with Crippen molar-refractivity contribution in [3.63, 3.8) is 0 Å². The number of rotatable bonds is 8. The lowest BCUT2D eigenvalue weighted by molar-refractivity contribution is 0.0513. The second kappa shape index (κ2) is 10.6. The van der Waals surface area contributed by atoms with E-state index in [9.17, 15) is 9.59 Å². The summed E-state index contributed by atoms with van der Waals surface area (Å²) in [4.78, 5) is 27.8. The third-order valence-electron chi connectivity index (χ3n) is 4.79. The van der Waals surface area contributed by atoms with E-state index < -0.39 is 22.0 Å². The predicted molar refractivity (Wildman–Crippen MR) is 148 cm³/mol. The number of hydrogen-bond acceptors (Lipinski definition) is 6. The van der Waals surface area contributed by atoms with Crippen LogP contribution in [0.3, 0.4) is 0 Å². The predicted octanol–water partition coefficient (Wildman–Crippen LogP) is 7.24. The molecule has 0 bridgehead atoms. The molecule has 0 aliphatic rings. The minimum atomic E-state index is -0.918. The summed E-state index contributed by atoms with van der Waals surface area (Å²) in [5.74, 6) is 3.33. The van der Waals surface area contributed by atoms with Gasteiger partial charge in [-0.15, -0.1) is 22.7 Å². The fraction of sp³-hybridized carbons (Fsp3) is 0.320. The van der Waals surface area contributed by atoms with Gasteiger partial charge in [0.05, 0.1) is 28.5 Å². The summed E-state index contributed by atoms with van der Waals surface area (Å²) < 4.78 is 13.2. The van der Waals surface area contributed by atoms with Gasteiger partial charge in [-0.2, -0.15) is 10.5 Å². The fourth-order valence-electron chi connectivity index (χ4n) is 3.21. The summed E-state index contributed by atoms with van der Waals surface area (Å²) in [6, 6.07) is 11.7. The molecule has 0 spiro atoms. The molecule has 0 saturated heterocycles. The van der Waals surface area contributed by atoms with Gasteiger partial charge in [0.15, 0.2) is 0 Å². The van der Waals surface area contributed by atoms with Crippen LogP contribution in [-0.4, -0.2) is 56.0 Å². The van der Waals surface area contributed by atoms with E-state index in [0.29, 0.717) is 22.3 Å². The molecule has 0 N–H and O–H groups in total. The van der Waals surface area contributed by atoms with Crippen molar-refractivity contribution in [2.24, 2.45) is 0 Å². The van der Waals surface area contributed by atoms with Gasteiger partial charge in [-0.1, -0.05) is 5.87 Å². The van der Waals surface area contributed by atoms with Crippen LogP contribution in [0.5, 0.6) is 0 Å². The van der Waals surface area contributed by atoms with Crippen LogP contribution < -0.4 is 0 Å². The Hall–Kier alpha value is -1.87. The van der Waals surface area contributed by atoms with Crippen molar-refractivity contribution in [1.29, 1.82) is 0 Å². The Morgan fingerprint density at radius 2 is 1.36 bits per heavy atom. The second-order valence-corrected chi connectivity index (χ2v) is 16.6. The van der Waals surface area contributed by atoms with Gasteiger partial charge in [-0.3, -0.25) is 0 Å². The zero-order valence-corrected chi connectivity index (χ0v) is 23.1. The molecule has 33 heavy (non-hydrogen) atoms. The summed E-state index contributed by atoms with van der Waals surface area (Å²) >= 11 is 3.24. The lowest BCUT2D eigenvalue weighted by Crippen LogP contribution is -2.11. The zero-order valence-electron chi connectivity index (χ0n) is 19.9. The van der Waals surface area contributed by atoms with Crippen LogP contribution in [0.25, 0.3) is 20.9 Å². The molecule has 0 fully saturated rings. The second-order valence-electron chi connectivity index (χ2n) is 8.10. The van der Waals surface area contributed by atoms with E-state index in [4.69, 9.17) is 9.47 Å². The molecule has 2 heterocycles. The Labute approximate surface area is 208 Å². The maximum atomic E-state index is 13.0. The Kier molecular flexibility index (Phi) is 8.26. The van der Waals surface area contributed by atoms with Gasteiger partial charge in [0.1, 0.15) is 0 Å². The Morgan fingerprint density at radius 1 is 0.879 bits per heavy atom. The third kappa shape index (κ3) is 5.80. The zero-order chi connectivity index (χ0) is 24.3. The number of ether oxygens (including phenoxy) is 2. The first-order chi connectivity index (χ1) is 15.6. The lowest BCUT2D eigenvalue weighted by Gasteiger charge is -2.22. The van der Waals surface area contributed by atoms with Crippen molar-refractivity contribution in [2.75, 3.05) is 38.2 Å². The molecule has 3 rings (SSSR count). The summed E-state index contributed by atoms with van der Waals surface area (Å²) in [5.41, 5.74) is 2.29. The first-order valence-electron chi connectivity index (χ1n) is 10.4. The minimum absolute atomic E-state index is 0.145. The Bertz CT molecular complexity index is 1200. The topological polar surface area (TPSA) is 52.6 Å². The molecule has 0 radical (unpaired) electrons. The van der Waals surface area contributed by atoms with Crippen LogP contribution in [0.15, 0.2) is 44.8 Å². The van der Waals surface area contributed by atoms with Crippen LogP contribution >= 0.6 is 43.2 Å². The van der Waals surface area contributed by atoms with Gasteiger partial charge in [-0.25, -0.2) is 19.6 Å². The van der Waals surface area contributed by atoms with Crippen molar-refractivity contribution in [3.8, 4) is 20.9 Å². The molecule has 178 valence electrons. The van der Waals surface area contributed by atoms with E-state index in [0.717, 1.165) is 14.0 Å². The highest BCUT2D eigenvalue weighted by atomic mass is 32.3. The third-order valence-corrected chi connectivity index (χ3v) is 11.6. The Balaban J connectivity index is 2.28. The largest absolute Gasteiger partial charge is 0.462 e. The molecular formula is C25H30O4S4.